The van der Waals surface area contributed by atoms with Gasteiger partial charge in [-0.25, -0.2) is 4.39 Å². The molecule has 3 rings (SSSR count). The van der Waals surface area contributed by atoms with Gasteiger partial charge in [0.1, 0.15) is 11.5 Å². The fraction of sp³-hybridized carbons (Fsp3) is 0.471. The van der Waals surface area contributed by atoms with Crippen molar-refractivity contribution >= 4 is 24.9 Å². The molecule has 2 heterocycles. The third-order valence-electron chi connectivity index (χ3n) is 4.75. The number of carbonyl (C=O) groups excluding carboxylic acids is 1. The molecule has 1 saturated heterocycles. The van der Waals surface area contributed by atoms with Crippen molar-refractivity contribution in [3.8, 4) is 0 Å². The number of hydrogen-bond acceptors (Lipinski definition) is 1. The van der Waals surface area contributed by atoms with Crippen LogP contribution in [-0.2, 0) is 0 Å². The molecule has 1 amide bonds. The highest BCUT2D eigenvalue weighted by atomic mass is 28.3. The Morgan fingerprint density at radius 1 is 1.27 bits per heavy atom. The van der Waals surface area contributed by atoms with Gasteiger partial charge in [-0.3, -0.25) is 4.79 Å². The molecule has 0 saturated carbocycles. The molecule has 1 fully saturated rings. The first-order valence-electron chi connectivity index (χ1n) is 7.94. The Morgan fingerprint density at radius 3 is 2.64 bits per heavy atom. The van der Waals surface area contributed by atoms with Gasteiger partial charge in [0, 0.05) is 25.0 Å². The monoisotopic (exact) mass is 318 g/mol. The molecule has 1 aromatic heterocycles. The van der Waals surface area contributed by atoms with E-state index in [-0.39, 0.29) is 17.8 Å². The van der Waals surface area contributed by atoms with Crippen molar-refractivity contribution in [2.45, 2.75) is 51.0 Å². The second kappa shape index (κ2) is 5.54. The minimum atomic E-state index is -1.01. The van der Waals surface area contributed by atoms with Crippen molar-refractivity contribution in [2.75, 3.05) is 0 Å². The number of carbonyl (C=O) groups is 1. The fourth-order valence-corrected chi connectivity index (χ4v) is 5.77. The minimum Gasteiger partial charge on any atom is -0.350 e. The predicted octanol–water partition coefficient (Wildman–Crippen LogP) is 4.22. The van der Waals surface area contributed by atoms with E-state index in [4.69, 9.17) is 0 Å². The van der Waals surface area contributed by atoms with E-state index in [0.717, 1.165) is 18.4 Å². The van der Waals surface area contributed by atoms with Gasteiger partial charge in [0.15, 0.2) is 0 Å². The third kappa shape index (κ3) is 3.09. The van der Waals surface area contributed by atoms with Crippen LogP contribution in [0.15, 0.2) is 18.2 Å². The summed E-state index contributed by atoms with van der Waals surface area (Å²) in [4.78, 5) is 15.4. The molecule has 2 N–H and O–H groups in total. The molecule has 1 aliphatic rings. The van der Waals surface area contributed by atoms with Crippen LogP contribution in [0.5, 0.6) is 0 Å². The number of H-pyrrole nitrogens is 1. The van der Waals surface area contributed by atoms with Crippen LogP contribution in [-0.4, -0.2) is 25.0 Å². The molecule has 118 valence electrons. The summed E-state index contributed by atoms with van der Waals surface area (Å²) in [6.45, 7) is 6.67. The maximum Gasteiger partial charge on any atom is 0.267 e. The van der Waals surface area contributed by atoms with E-state index in [1.165, 1.54) is 18.2 Å². The first-order valence-corrected chi connectivity index (χ1v) is 11.4. The van der Waals surface area contributed by atoms with Crippen LogP contribution in [0.2, 0.25) is 25.2 Å². The molecule has 3 nitrogen and oxygen atoms in total. The number of rotatable bonds is 2. The Labute approximate surface area is 131 Å². The van der Waals surface area contributed by atoms with Crippen LogP contribution in [0.4, 0.5) is 4.39 Å². The Balaban J connectivity index is 1.74. The SMILES string of the molecule is Cc1cc(F)c2cc(C(=O)NC3CC[Si](C)(C)CC3)[nH]c2c1. The second-order valence-electron chi connectivity index (χ2n) is 7.30. The number of aryl methyl sites for hydroxylation is 1. The topological polar surface area (TPSA) is 44.9 Å². The quantitative estimate of drug-likeness (QED) is 0.800. The predicted molar refractivity (Wildman–Crippen MR) is 90.6 cm³/mol. The smallest absolute Gasteiger partial charge is 0.267 e. The van der Waals surface area contributed by atoms with Gasteiger partial charge in [0.2, 0.25) is 0 Å². The molecule has 0 atom stereocenters. The van der Waals surface area contributed by atoms with E-state index >= 15 is 0 Å². The van der Waals surface area contributed by atoms with E-state index < -0.39 is 8.07 Å². The molecule has 0 radical (unpaired) electrons. The van der Waals surface area contributed by atoms with Gasteiger partial charge in [-0.15, -0.1) is 0 Å². The molecule has 2 aromatic rings. The van der Waals surface area contributed by atoms with Crippen LogP contribution >= 0.6 is 0 Å². The highest BCUT2D eigenvalue weighted by molar-refractivity contribution is 6.77. The van der Waals surface area contributed by atoms with Crippen molar-refractivity contribution in [2.24, 2.45) is 0 Å². The van der Waals surface area contributed by atoms with Crippen LogP contribution in [0.1, 0.15) is 28.9 Å². The van der Waals surface area contributed by atoms with Gasteiger partial charge in [-0.1, -0.05) is 25.2 Å². The number of aromatic nitrogens is 1. The molecule has 1 aromatic carbocycles. The molecule has 0 aliphatic carbocycles. The lowest BCUT2D eigenvalue weighted by Gasteiger charge is -2.33. The Morgan fingerprint density at radius 2 is 1.95 bits per heavy atom. The van der Waals surface area contributed by atoms with Gasteiger partial charge in [-0.05, 0) is 43.5 Å². The van der Waals surface area contributed by atoms with E-state index in [1.807, 2.05) is 13.0 Å². The standard InChI is InChI=1S/C17H23FN2OSi/c1-11-8-14(18)13-10-16(20-15(13)9-11)17(21)19-12-4-6-22(2,3)7-5-12/h8-10,12,20H,4-7H2,1-3H3,(H,19,21). The summed E-state index contributed by atoms with van der Waals surface area (Å²) < 4.78 is 13.9. The number of nitrogens with one attached hydrogen (secondary N) is 2. The van der Waals surface area contributed by atoms with Gasteiger partial charge >= 0.3 is 0 Å². The van der Waals surface area contributed by atoms with Gasteiger partial charge in [0.25, 0.3) is 5.91 Å². The fourth-order valence-electron chi connectivity index (χ4n) is 3.26. The summed E-state index contributed by atoms with van der Waals surface area (Å²) in [5.41, 5.74) is 1.97. The van der Waals surface area contributed by atoms with Crippen molar-refractivity contribution in [3.05, 3.63) is 35.3 Å². The first-order chi connectivity index (χ1) is 10.3. The highest BCUT2D eigenvalue weighted by Crippen LogP contribution is 2.28. The highest BCUT2D eigenvalue weighted by Gasteiger charge is 2.29. The summed E-state index contributed by atoms with van der Waals surface area (Å²) in [5.74, 6) is -0.407. The summed E-state index contributed by atoms with van der Waals surface area (Å²) >= 11 is 0. The lowest BCUT2D eigenvalue weighted by Crippen LogP contribution is -2.42. The molecular formula is C17H23FN2OSi. The summed E-state index contributed by atoms with van der Waals surface area (Å²) in [5, 5.41) is 3.58. The molecule has 5 heteroatoms. The van der Waals surface area contributed by atoms with E-state index in [1.54, 1.807) is 6.07 Å². The van der Waals surface area contributed by atoms with Crippen molar-refractivity contribution in [3.63, 3.8) is 0 Å². The van der Waals surface area contributed by atoms with Crippen LogP contribution in [0.25, 0.3) is 10.9 Å². The zero-order chi connectivity index (χ0) is 15.9. The summed E-state index contributed by atoms with van der Waals surface area (Å²) in [6, 6.07) is 7.75. The normalized spacial score (nSPS) is 18.5. The van der Waals surface area contributed by atoms with E-state index in [0.29, 0.717) is 16.6 Å². The van der Waals surface area contributed by atoms with Crippen molar-refractivity contribution in [1.29, 1.82) is 0 Å². The number of hydrogen-bond donors (Lipinski definition) is 2. The molecule has 1 aliphatic heterocycles. The number of fused-ring (bicyclic) bond motifs is 1. The lowest BCUT2D eigenvalue weighted by atomic mass is 10.1. The Hall–Kier alpha value is -1.62. The van der Waals surface area contributed by atoms with Crippen LogP contribution in [0, 0.1) is 12.7 Å². The number of halogens is 1. The Kier molecular flexibility index (Phi) is 3.85. The van der Waals surface area contributed by atoms with Gasteiger partial charge in [-0.2, -0.15) is 0 Å². The molecule has 0 unspecified atom stereocenters. The van der Waals surface area contributed by atoms with Gasteiger partial charge in [0.05, 0.1) is 0 Å². The maximum absolute atomic E-state index is 13.9. The Bertz CT molecular complexity index is 713. The lowest BCUT2D eigenvalue weighted by molar-refractivity contribution is 0.0929. The molecule has 22 heavy (non-hydrogen) atoms. The van der Waals surface area contributed by atoms with Crippen molar-refractivity contribution < 1.29 is 9.18 Å². The third-order valence-corrected chi connectivity index (χ3v) is 8.04. The van der Waals surface area contributed by atoms with E-state index in [9.17, 15) is 9.18 Å². The van der Waals surface area contributed by atoms with Crippen molar-refractivity contribution in [1.82, 2.24) is 10.3 Å². The maximum atomic E-state index is 13.9. The average Bonchev–Trinajstić information content (AvgIpc) is 2.85. The largest absolute Gasteiger partial charge is 0.350 e. The zero-order valence-corrected chi connectivity index (χ0v) is 14.4. The molecule has 0 spiro atoms. The van der Waals surface area contributed by atoms with E-state index in [2.05, 4.69) is 23.4 Å². The average molecular weight is 318 g/mol. The second-order valence-corrected chi connectivity index (χ2v) is 12.6. The number of aromatic amines is 1. The van der Waals surface area contributed by atoms with Crippen LogP contribution in [0.3, 0.4) is 0 Å². The molecular weight excluding hydrogens is 295 g/mol. The number of amides is 1. The minimum absolute atomic E-state index is 0.125. The number of benzene rings is 1. The summed E-state index contributed by atoms with van der Waals surface area (Å²) in [6.07, 6.45) is 2.14. The zero-order valence-electron chi connectivity index (χ0n) is 13.4. The molecule has 0 bridgehead atoms. The summed E-state index contributed by atoms with van der Waals surface area (Å²) in [7, 11) is -1.01. The van der Waals surface area contributed by atoms with Crippen LogP contribution < -0.4 is 5.32 Å². The van der Waals surface area contributed by atoms with Gasteiger partial charge < -0.3 is 10.3 Å². The first kappa shape index (κ1) is 15.3.